The molecule has 0 unspecified atom stereocenters. The van der Waals surface area contributed by atoms with E-state index in [1.807, 2.05) is 25.1 Å². The van der Waals surface area contributed by atoms with Gasteiger partial charge in [-0.05, 0) is 61.7 Å². The fourth-order valence-electron chi connectivity index (χ4n) is 4.05. The average molecular weight is 374 g/mol. The number of hydrogen-bond acceptors (Lipinski definition) is 2. The van der Waals surface area contributed by atoms with E-state index in [0.717, 1.165) is 42.0 Å². The van der Waals surface area contributed by atoms with Gasteiger partial charge in [0.25, 0.3) is 0 Å². The summed E-state index contributed by atoms with van der Waals surface area (Å²) in [4.78, 5) is 15.0. The number of carbonyl (C=O) groups excluding carboxylic acids is 1. The van der Waals surface area contributed by atoms with Gasteiger partial charge in [-0.25, -0.2) is 0 Å². The number of aryl methyl sites for hydroxylation is 3. The van der Waals surface area contributed by atoms with Crippen molar-refractivity contribution in [3.63, 3.8) is 0 Å². The van der Waals surface area contributed by atoms with Crippen LogP contribution in [-0.4, -0.2) is 17.0 Å². The van der Waals surface area contributed by atoms with Gasteiger partial charge in [0.1, 0.15) is 0 Å². The van der Waals surface area contributed by atoms with Crippen molar-refractivity contribution in [3.05, 3.63) is 82.7 Å². The Bertz CT molecular complexity index is 995. The predicted octanol–water partition coefficient (Wildman–Crippen LogP) is 4.61. The van der Waals surface area contributed by atoms with Crippen LogP contribution >= 0.6 is 0 Å². The summed E-state index contributed by atoms with van der Waals surface area (Å²) in [6, 6.07) is 16.8. The lowest BCUT2D eigenvalue weighted by atomic mass is 10.0. The van der Waals surface area contributed by atoms with Gasteiger partial charge in [-0.2, -0.15) is 0 Å². The number of nitrogens with one attached hydrogen (secondary N) is 1. The van der Waals surface area contributed by atoms with Crippen LogP contribution in [0.3, 0.4) is 0 Å². The van der Waals surface area contributed by atoms with E-state index in [4.69, 9.17) is 0 Å². The van der Waals surface area contributed by atoms with Crippen LogP contribution in [0, 0.1) is 20.8 Å². The summed E-state index contributed by atoms with van der Waals surface area (Å²) >= 11 is 0. The van der Waals surface area contributed by atoms with E-state index in [0.29, 0.717) is 6.42 Å². The van der Waals surface area contributed by atoms with Crippen molar-refractivity contribution in [1.29, 1.82) is 0 Å². The smallest absolute Gasteiger partial charge is 0.228 e. The number of nitrogens with zero attached hydrogens (tertiary/aromatic N) is 2. The van der Waals surface area contributed by atoms with E-state index >= 15 is 0 Å². The molecule has 0 spiro atoms. The van der Waals surface area contributed by atoms with Crippen molar-refractivity contribution in [2.45, 2.75) is 40.3 Å². The Morgan fingerprint density at radius 1 is 1.00 bits per heavy atom. The van der Waals surface area contributed by atoms with Crippen molar-refractivity contribution < 1.29 is 4.79 Å². The lowest BCUT2D eigenvalue weighted by Gasteiger charge is -2.31. The van der Waals surface area contributed by atoms with Crippen molar-refractivity contribution in [1.82, 2.24) is 4.57 Å². The monoisotopic (exact) mass is 373 g/mol. The van der Waals surface area contributed by atoms with Gasteiger partial charge in [-0.1, -0.05) is 29.8 Å². The van der Waals surface area contributed by atoms with Crippen LogP contribution in [-0.2, 0) is 24.3 Å². The first-order chi connectivity index (χ1) is 13.5. The van der Waals surface area contributed by atoms with Crippen molar-refractivity contribution >= 4 is 17.3 Å². The number of rotatable bonds is 4. The Morgan fingerprint density at radius 2 is 1.79 bits per heavy atom. The highest BCUT2D eigenvalue weighted by Crippen LogP contribution is 2.29. The lowest BCUT2D eigenvalue weighted by Crippen LogP contribution is -2.33. The van der Waals surface area contributed by atoms with Crippen LogP contribution < -0.4 is 10.2 Å². The van der Waals surface area contributed by atoms with E-state index in [2.05, 4.69) is 65.2 Å². The van der Waals surface area contributed by atoms with Crippen LogP contribution in [0.15, 0.2) is 54.7 Å². The lowest BCUT2D eigenvalue weighted by molar-refractivity contribution is -0.115. The van der Waals surface area contributed by atoms with Gasteiger partial charge in [0.2, 0.25) is 5.91 Å². The maximum atomic E-state index is 12.6. The zero-order valence-corrected chi connectivity index (χ0v) is 16.8. The van der Waals surface area contributed by atoms with Gasteiger partial charge < -0.3 is 14.8 Å². The summed E-state index contributed by atoms with van der Waals surface area (Å²) in [5.41, 5.74) is 7.93. The standard InChI is InChI=1S/C24H27N3O/c1-17-6-4-7-20(12-17)15-23(28)25-24-18(2)13-22(14-19(24)3)27-11-10-26-9-5-8-21(26)16-27/h4-9,12-14H,10-11,15-16H2,1-3H3,(H,25,28). The Labute approximate surface area is 166 Å². The molecule has 4 rings (SSSR count). The molecular weight excluding hydrogens is 346 g/mol. The minimum Gasteiger partial charge on any atom is -0.364 e. The maximum Gasteiger partial charge on any atom is 0.228 e. The molecule has 0 aliphatic carbocycles. The number of fused-ring (bicyclic) bond motifs is 1. The fourth-order valence-corrected chi connectivity index (χ4v) is 4.05. The predicted molar refractivity (Wildman–Crippen MR) is 115 cm³/mol. The van der Waals surface area contributed by atoms with Crippen LogP contribution in [0.5, 0.6) is 0 Å². The van der Waals surface area contributed by atoms with E-state index in [1.165, 1.54) is 16.9 Å². The van der Waals surface area contributed by atoms with E-state index < -0.39 is 0 Å². The summed E-state index contributed by atoms with van der Waals surface area (Å²) in [6.45, 7) is 9.13. The molecule has 2 heterocycles. The molecule has 1 aliphatic heterocycles. The summed E-state index contributed by atoms with van der Waals surface area (Å²) in [5.74, 6) is 0.0281. The number of carbonyl (C=O) groups is 1. The highest BCUT2D eigenvalue weighted by molar-refractivity contribution is 5.94. The molecule has 1 N–H and O–H groups in total. The second-order valence-electron chi connectivity index (χ2n) is 7.78. The second-order valence-corrected chi connectivity index (χ2v) is 7.78. The summed E-state index contributed by atoms with van der Waals surface area (Å²) in [6.07, 6.45) is 2.54. The van der Waals surface area contributed by atoms with Crippen LogP contribution in [0.4, 0.5) is 11.4 Å². The molecule has 0 atom stereocenters. The Hall–Kier alpha value is -3.01. The van der Waals surface area contributed by atoms with Crippen LogP contribution in [0.25, 0.3) is 0 Å². The van der Waals surface area contributed by atoms with E-state index in [9.17, 15) is 4.79 Å². The molecular formula is C24H27N3O. The normalized spacial score (nSPS) is 13.3. The zero-order valence-electron chi connectivity index (χ0n) is 16.8. The van der Waals surface area contributed by atoms with E-state index in [-0.39, 0.29) is 5.91 Å². The first kappa shape index (κ1) is 18.4. The van der Waals surface area contributed by atoms with Crippen molar-refractivity contribution in [2.75, 3.05) is 16.8 Å². The third-order valence-electron chi connectivity index (χ3n) is 5.48. The third-order valence-corrected chi connectivity index (χ3v) is 5.48. The summed E-state index contributed by atoms with van der Waals surface area (Å²) in [7, 11) is 0. The SMILES string of the molecule is Cc1cccc(CC(=O)Nc2c(C)cc(N3CCn4cccc4C3)cc2C)c1. The minimum absolute atomic E-state index is 0.0281. The molecule has 1 aliphatic rings. The fraction of sp³-hybridized carbons (Fsp3) is 0.292. The van der Waals surface area contributed by atoms with Crippen molar-refractivity contribution in [2.24, 2.45) is 0 Å². The minimum atomic E-state index is 0.0281. The topological polar surface area (TPSA) is 37.3 Å². The molecule has 0 fully saturated rings. The number of amides is 1. The van der Waals surface area contributed by atoms with Crippen molar-refractivity contribution in [3.8, 4) is 0 Å². The molecule has 0 saturated heterocycles. The van der Waals surface area contributed by atoms with Gasteiger partial charge >= 0.3 is 0 Å². The Balaban J connectivity index is 1.49. The summed E-state index contributed by atoms with van der Waals surface area (Å²) in [5, 5.41) is 3.13. The second kappa shape index (κ2) is 7.55. The average Bonchev–Trinajstić information content (AvgIpc) is 3.12. The molecule has 1 aromatic heterocycles. The maximum absolute atomic E-state index is 12.6. The number of anilines is 2. The largest absolute Gasteiger partial charge is 0.364 e. The molecule has 0 saturated carbocycles. The van der Waals surface area contributed by atoms with Gasteiger partial charge in [0, 0.05) is 36.4 Å². The molecule has 2 aromatic carbocycles. The molecule has 0 radical (unpaired) electrons. The Kier molecular flexibility index (Phi) is 4.95. The molecule has 3 aromatic rings. The highest BCUT2D eigenvalue weighted by Gasteiger charge is 2.18. The molecule has 1 amide bonds. The van der Waals surface area contributed by atoms with Crippen LogP contribution in [0.2, 0.25) is 0 Å². The summed E-state index contributed by atoms with van der Waals surface area (Å²) < 4.78 is 2.32. The van der Waals surface area contributed by atoms with E-state index in [1.54, 1.807) is 0 Å². The van der Waals surface area contributed by atoms with Gasteiger partial charge in [-0.3, -0.25) is 4.79 Å². The number of benzene rings is 2. The number of aromatic nitrogens is 1. The van der Waals surface area contributed by atoms with Gasteiger partial charge in [0.15, 0.2) is 0 Å². The number of hydrogen-bond donors (Lipinski definition) is 1. The Morgan fingerprint density at radius 3 is 2.54 bits per heavy atom. The quantitative estimate of drug-likeness (QED) is 0.725. The molecule has 4 heteroatoms. The zero-order chi connectivity index (χ0) is 19.7. The first-order valence-electron chi connectivity index (χ1n) is 9.85. The third kappa shape index (κ3) is 3.81. The molecule has 0 bridgehead atoms. The highest BCUT2D eigenvalue weighted by atomic mass is 16.1. The molecule has 4 nitrogen and oxygen atoms in total. The molecule has 28 heavy (non-hydrogen) atoms. The first-order valence-corrected chi connectivity index (χ1v) is 9.85. The van der Waals surface area contributed by atoms with Crippen LogP contribution in [0.1, 0.15) is 27.9 Å². The molecule has 144 valence electrons. The van der Waals surface area contributed by atoms with Gasteiger partial charge in [-0.15, -0.1) is 0 Å². The van der Waals surface area contributed by atoms with Gasteiger partial charge in [0.05, 0.1) is 13.0 Å².